The first-order chi connectivity index (χ1) is 6.83. The third-order valence-corrected chi connectivity index (χ3v) is 3.78. The Labute approximate surface area is 85.2 Å². The minimum atomic E-state index is 0.0154. The summed E-state index contributed by atoms with van der Waals surface area (Å²) in [7, 11) is 1.51. The van der Waals surface area contributed by atoms with Crippen LogP contribution in [0.3, 0.4) is 0 Å². The van der Waals surface area contributed by atoms with Crippen LogP contribution in [0.4, 0.5) is 0 Å². The van der Waals surface area contributed by atoms with Gasteiger partial charge < -0.3 is 10.1 Å². The average Bonchev–Trinajstić information content (AvgIpc) is 2.27. The molecule has 0 radical (unpaired) electrons. The van der Waals surface area contributed by atoms with E-state index in [1.54, 1.807) is 0 Å². The van der Waals surface area contributed by atoms with Gasteiger partial charge in [-0.3, -0.25) is 4.79 Å². The van der Waals surface area contributed by atoms with Gasteiger partial charge in [-0.2, -0.15) is 0 Å². The number of hydrogen-bond donors (Lipinski definition) is 1. The van der Waals surface area contributed by atoms with Crippen molar-refractivity contribution < 1.29 is 9.53 Å². The summed E-state index contributed by atoms with van der Waals surface area (Å²) in [6.45, 7) is 2.16. The minimum absolute atomic E-state index is 0.0154. The molecular formula is C11H19NO2. The van der Waals surface area contributed by atoms with E-state index in [1.165, 1.54) is 20.0 Å². The third-order valence-electron chi connectivity index (χ3n) is 3.78. The molecule has 0 aromatic carbocycles. The minimum Gasteiger partial charge on any atom is -0.469 e. The van der Waals surface area contributed by atoms with Gasteiger partial charge in [0, 0.05) is 0 Å². The van der Waals surface area contributed by atoms with Crippen molar-refractivity contribution in [1.29, 1.82) is 0 Å². The Morgan fingerprint density at radius 1 is 1.36 bits per heavy atom. The maximum Gasteiger partial charge on any atom is 0.308 e. The van der Waals surface area contributed by atoms with E-state index in [-0.39, 0.29) is 11.9 Å². The van der Waals surface area contributed by atoms with Crippen LogP contribution in [0.1, 0.15) is 25.7 Å². The molecular weight excluding hydrogens is 178 g/mol. The first-order valence-corrected chi connectivity index (χ1v) is 5.61. The lowest BCUT2D eigenvalue weighted by Gasteiger charge is -2.40. The number of esters is 1. The molecule has 0 aromatic heterocycles. The van der Waals surface area contributed by atoms with Crippen molar-refractivity contribution in [2.24, 2.45) is 17.8 Å². The normalized spacial score (nSPS) is 37.4. The van der Waals surface area contributed by atoms with Crippen molar-refractivity contribution in [3.63, 3.8) is 0 Å². The van der Waals surface area contributed by atoms with Gasteiger partial charge >= 0.3 is 5.97 Å². The van der Waals surface area contributed by atoms with Crippen LogP contribution in [0.25, 0.3) is 0 Å². The van der Waals surface area contributed by atoms with Crippen LogP contribution in [0, 0.1) is 17.8 Å². The highest BCUT2D eigenvalue weighted by Crippen LogP contribution is 2.38. The van der Waals surface area contributed by atoms with Gasteiger partial charge in [-0.1, -0.05) is 6.42 Å². The zero-order chi connectivity index (χ0) is 9.97. The van der Waals surface area contributed by atoms with Crippen molar-refractivity contribution >= 4 is 5.97 Å². The quantitative estimate of drug-likeness (QED) is 0.642. The number of rotatable bonds is 1. The van der Waals surface area contributed by atoms with Crippen LogP contribution in [0.15, 0.2) is 0 Å². The van der Waals surface area contributed by atoms with Gasteiger partial charge in [0.25, 0.3) is 0 Å². The summed E-state index contributed by atoms with van der Waals surface area (Å²) < 4.78 is 4.88. The molecule has 3 heteroatoms. The Morgan fingerprint density at radius 3 is 3.00 bits per heavy atom. The third kappa shape index (κ3) is 1.78. The summed E-state index contributed by atoms with van der Waals surface area (Å²) in [6.07, 6.45) is 4.64. The molecule has 2 fully saturated rings. The van der Waals surface area contributed by atoms with Gasteiger partial charge in [0.1, 0.15) is 0 Å². The van der Waals surface area contributed by atoms with E-state index >= 15 is 0 Å². The van der Waals surface area contributed by atoms with Gasteiger partial charge in [-0.15, -0.1) is 0 Å². The molecule has 1 aliphatic heterocycles. The summed E-state index contributed by atoms with van der Waals surface area (Å²) in [5.74, 6) is 1.49. The van der Waals surface area contributed by atoms with Crippen LogP contribution in [-0.4, -0.2) is 26.2 Å². The molecule has 1 saturated heterocycles. The smallest absolute Gasteiger partial charge is 0.308 e. The molecule has 3 nitrogen and oxygen atoms in total. The standard InChI is InChI=1S/C11H19NO2/c1-14-11(13)10-4-2-3-8-7-12-6-5-9(8)10/h8-10,12H,2-7H2,1H3. The molecule has 3 unspecified atom stereocenters. The van der Waals surface area contributed by atoms with Crippen molar-refractivity contribution in [1.82, 2.24) is 5.32 Å². The second-order valence-electron chi connectivity index (χ2n) is 4.48. The highest BCUT2D eigenvalue weighted by molar-refractivity contribution is 5.72. The van der Waals surface area contributed by atoms with E-state index in [4.69, 9.17) is 4.74 Å². The van der Waals surface area contributed by atoms with Crippen molar-refractivity contribution in [2.75, 3.05) is 20.2 Å². The van der Waals surface area contributed by atoms with Crippen LogP contribution in [-0.2, 0) is 9.53 Å². The largest absolute Gasteiger partial charge is 0.469 e. The monoisotopic (exact) mass is 197 g/mol. The van der Waals surface area contributed by atoms with E-state index in [1.807, 2.05) is 0 Å². The van der Waals surface area contributed by atoms with Crippen LogP contribution < -0.4 is 5.32 Å². The molecule has 1 saturated carbocycles. The summed E-state index contributed by atoms with van der Waals surface area (Å²) in [5.41, 5.74) is 0. The molecule has 0 aromatic rings. The lowest BCUT2D eigenvalue weighted by molar-refractivity contribution is -0.150. The van der Waals surface area contributed by atoms with Gasteiger partial charge in [-0.25, -0.2) is 0 Å². The molecule has 0 spiro atoms. The molecule has 1 heterocycles. The number of methoxy groups -OCH3 is 1. The van der Waals surface area contributed by atoms with E-state index in [0.717, 1.165) is 25.9 Å². The van der Waals surface area contributed by atoms with E-state index in [2.05, 4.69) is 5.32 Å². The number of carbonyl (C=O) groups excluding carboxylic acids is 1. The highest BCUT2D eigenvalue weighted by atomic mass is 16.5. The summed E-state index contributed by atoms with van der Waals surface area (Å²) in [5, 5.41) is 3.41. The fourth-order valence-corrected chi connectivity index (χ4v) is 3.05. The Hall–Kier alpha value is -0.570. The second kappa shape index (κ2) is 4.30. The zero-order valence-electron chi connectivity index (χ0n) is 8.79. The predicted molar refractivity (Wildman–Crippen MR) is 53.8 cm³/mol. The number of carbonyl (C=O) groups is 1. The number of piperidine rings is 1. The van der Waals surface area contributed by atoms with Gasteiger partial charge in [0.15, 0.2) is 0 Å². The lowest BCUT2D eigenvalue weighted by atomic mass is 9.69. The molecule has 80 valence electrons. The van der Waals surface area contributed by atoms with E-state index in [9.17, 15) is 4.79 Å². The second-order valence-corrected chi connectivity index (χ2v) is 4.48. The highest BCUT2D eigenvalue weighted by Gasteiger charge is 2.38. The first kappa shape index (κ1) is 9.97. The number of ether oxygens (including phenoxy) is 1. The fourth-order valence-electron chi connectivity index (χ4n) is 3.05. The van der Waals surface area contributed by atoms with E-state index < -0.39 is 0 Å². The Balaban J connectivity index is 2.04. The van der Waals surface area contributed by atoms with E-state index in [0.29, 0.717) is 11.8 Å². The first-order valence-electron chi connectivity index (χ1n) is 5.61. The summed E-state index contributed by atoms with van der Waals surface area (Å²) in [4.78, 5) is 11.6. The molecule has 2 aliphatic rings. The SMILES string of the molecule is COC(=O)C1CCCC2CNCCC21. The maximum absolute atomic E-state index is 11.6. The van der Waals surface area contributed by atoms with Crippen molar-refractivity contribution in [3.05, 3.63) is 0 Å². The average molecular weight is 197 g/mol. The molecule has 1 aliphatic carbocycles. The van der Waals surface area contributed by atoms with Crippen LogP contribution in [0.2, 0.25) is 0 Å². The van der Waals surface area contributed by atoms with Gasteiger partial charge in [0.05, 0.1) is 13.0 Å². The van der Waals surface area contributed by atoms with Gasteiger partial charge in [0.2, 0.25) is 0 Å². The number of hydrogen-bond acceptors (Lipinski definition) is 3. The topological polar surface area (TPSA) is 38.3 Å². The molecule has 3 atom stereocenters. The Bertz CT molecular complexity index is 215. The van der Waals surface area contributed by atoms with Gasteiger partial charge in [-0.05, 0) is 44.2 Å². The predicted octanol–water partition coefficient (Wildman–Crippen LogP) is 1.19. The maximum atomic E-state index is 11.6. The molecule has 0 amide bonds. The van der Waals surface area contributed by atoms with Crippen molar-refractivity contribution in [3.8, 4) is 0 Å². The number of fused-ring (bicyclic) bond motifs is 1. The Kier molecular flexibility index (Phi) is 3.06. The van der Waals surface area contributed by atoms with Crippen LogP contribution in [0.5, 0.6) is 0 Å². The Morgan fingerprint density at radius 2 is 2.21 bits per heavy atom. The molecule has 2 rings (SSSR count). The summed E-state index contributed by atoms with van der Waals surface area (Å²) >= 11 is 0. The zero-order valence-corrected chi connectivity index (χ0v) is 8.79. The summed E-state index contributed by atoms with van der Waals surface area (Å²) in [6, 6.07) is 0. The molecule has 1 N–H and O–H groups in total. The molecule has 0 bridgehead atoms. The van der Waals surface area contributed by atoms with Crippen LogP contribution >= 0.6 is 0 Å². The fraction of sp³-hybridized carbons (Fsp3) is 0.909. The lowest BCUT2D eigenvalue weighted by Crippen LogP contribution is -2.44. The molecule has 14 heavy (non-hydrogen) atoms. The van der Waals surface area contributed by atoms with Crippen molar-refractivity contribution in [2.45, 2.75) is 25.7 Å². The number of nitrogens with one attached hydrogen (secondary N) is 1.